The van der Waals surface area contributed by atoms with Gasteiger partial charge in [0.15, 0.2) is 0 Å². The van der Waals surface area contributed by atoms with Gasteiger partial charge >= 0.3 is 0 Å². The van der Waals surface area contributed by atoms with E-state index in [0.717, 1.165) is 5.75 Å². The number of hydrogen-bond acceptors (Lipinski definition) is 2. The Balaban J connectivity index is 1.92. The molecule has 0 aliphatic heterocycles. The van der Waals surface area contributed by atoms with Gasteiger partial charge in [-0.2, -0.15) is 0 Å². The lowest BCUT2D eigenvalue weighted by Crippen LogP contribution is -2.31. The van der Waals surface area contributed by atoms with Gasteiger partial charge in [0.25, 0.3) is 5.91 Å². The highest BCUT2D eigenvalue weighted by Gasteiger charge is 2.17. The van der Waals surface area contributed by atoms with E-state index < -0.39 is 5.82 Å². The van der Waals surface area contributed by atoms with Crippen molar-refractivity contribution in [1.29, 1.82) is 0 Å². The number of benzene rings is 2. The molecule has 2 aromatic rings. The molecule has 0 saturated carbocycles. The molecule has 0 unspecified atom stereocenters. The number of ether oxygens (including phenoxy) is 1. The van der Waals surface area contributed by atoms with Gasteiger partial charge in [0.1, 0.15) is 18.2 Å². The van der Waals surface area contributed by atoms with Gasteiger partial charge in [-0.1, -0.05) is 24.3 Å². The normalized spacial score (nSPS) is 10.2. The van der Waals surface area contributed by atoms with Crippen LogP contribution in [0.4, 0.5) is 4.39 Å². The molecule has 5 heteroatoms. The van der Waals surface area contributed by atoms with Crippen molar-refractivity contribution in [1.82, 2.24) is 4.90 Å². The van der Waals surface area contributed by atoms with Crippen LogP contribution in [0.1, 0.15) is 10.4 Å². The second-order valence-electron chi connectivity index (χ2n) is 4.49. The van der Waals surface area contributed by atoms with E-state index in [0.29, 0.717) is 13.2 Å². The SMILES string of the molecule is CN(CCOc1ccccc1)C(=O)c1cccc(Br)c1F. The van der Waals surface area contributed by atoms with Crippen LogP contribution >= 0.6 is 15.9 Å². The Kier molecular flexibility index (Phi) is 5.33. The highest BCUT2D eigenvalue weighted by Crippen LogP contribution is 2.19. The molecule has 3 nitrogen and oxygen atoms in total. The van der Waals surface area contributed by atoms with Crippen LogP contribution in [0.25, 0.3) is 0 Å². The first kappa shape index (κ1) is 15.5. The lowest BCUT2D eigenvalue weighted by Gasteiger charge is -2.18. The van der Waals surface area contributed by atoms with Gasteiger partial charge in [0.05, 0.1) is 16.6 Å². The number of likely N-dealkylation sites (N-methyl/N-ethyl adjacent to an activating group) is 1. The Hall–Kier alpha value is -1.88. The second-order valence-corrected chi connectivity index (χ2v) is 5.34. The Morgan fingerprint density at radius 3 is 2.62 bits per heavy atom. The van der Waals surface area contributed by atoms with Crippen LogP contribution in [0, 0.1) is 5.82 Å². The van der Waals surface area contributed by atoms with Crippen molar-refractivity contribution < 1.29 is 13.9 Å². The Morgan fingerprint density at radius 2 is 1.90 bits per heavy atom. The van der Waals surface area contributed by atoms with Gasteiger partial charge in [-0.05, 0) is 40.2 Å². The molecular formula is C16H15BrFNO2. The summed E-state index contributed by atoms with van der Waals surface area (Å²) < 4.78 is 19.7. The van der Waals surface area contributed by atoms with Crippen LogP contribution in [0.5, 0.6) is 5.75 Å². The van der Waals surface area contributed by atoms with Crippen molar-refractivity contribution in [2.75, 3.05) is 20.2 Å². The molecule has 0 bridgehead atoms. The number of para-hydroxylation sites is 1. The maximum absolute atomic E-state index is 13.9. The number of hydrogen-bond donors (Lipinski definition) is 0. The van der Waals surface area contributed by atoms with E-state index in [9.17, 15) is 9.18 Å². The van der Waals surface area contributed by atoms with Gasteiger partial charge in [0, 0.05) is 7.05 Å². The third-order valence-electron chi connectivity index (χ3n) is 2.97. The summed E-state index contributed by atoms with van der Waals surface area (Å²) in [6.45, 7) is 0.724. The topological polar surface area (TPSA) is 29.5 Å². The molecule has 0 fully saturated rings. The number of amides is 1. The van der Waals surface area contributed by atoms with Gasteiger partial charge in [-0.15, -0.1) is 0 Å². The first-order chi connectivity index (χ1) is 10.1. The second kappa shape index (κ2) is 7.22. The Bertz CT molecular complexity index is 619. The summed E-state index contributed by atoms with van der Waals surface area (Å²) in [6, 6.07) is 14.0. The van der Waals surface area contributed by atoms with Gasteiger partial charge < -0.3 is 9.64 Å². The van der Waals surface area contributed by atoms with E-state index in [1.54, 1.807) is 19.2 Å². The summed E-state index contributed by atoms with van der Waals surface area (Å²) in [6.07, 6.45) is 0. The quantitative estimate of drug-likeness (QED) is 0.821. The zero-order valence-corrected chi connectivity index (χ0v) is 13.1. The van der Waals surface area contributed by atoms with E-state index in [1.807, 2.05) is 30.3 Å². The maximum Gasteiger partial charge on any atom is 0.256 e. The van der Waals surface area contributed by atoms with Gasteiger partial charge in [-0.3, -0.25) is 4.79 Å². The van der Waals surface area contributed by atoms with Crippen molar-refractivity contribution in [3.8, 4) is 5.75 Å². The summed E-state index contributed by atoms with van der Waals surface area (Å²) in [5.74, 6) is -0.171. The number of carbonyl (C=O) groups is 1. The average molecular weight is 352 g/mol. The minimum Gasteiger partial charge on any atom is -0.492 e. The standard InChI is InChI=1S/C16H15BrFNO2/c1-19(10-11-21-12-6-3-2-4-7-12)16(20)13-8-5-9-14(17)15(13)18/h2-9H,10-11H2,1H3. The van der Waals surface area contributed by atoms with E-state index in [4.69, 9.17) is 4.74 Å². The monoisotopic (exact) mass is 351 g/mol. The Labute approximate surface area is 131 Å². The molecule has 110 valence electrons. The van der Waals surface area contributed by atoms with Crippen molar-refractivity contribution in [3.63, 3.8) is 0 Å². The van der Waals surface area contributed by atoms with E-state index >= 15 is 0 Å². The average Bonchev–Trinajstić information content (AvgIpc) is 2.50. The predicted molar refractivity (Wildman–Crippen MR) is 83.0 cm³/mol. The molecule has 0 radical (unpaired) electrons. The fourth-order valence-electron chi connectivity index (χ4n) is 1.79. The fraction of sp³-hybridized carbons (Fsp3) is 0.188. The molecule has 0 aliphatic rings. The molecule has 2 rings (SSSR count). The first-order valence-electron chi connectivity index (χ1n) is 6.47. The van der Waals surface area contributed by atoms with Crippen molar-refractivity contribution in [2.24, 2.45) is 0 Å². The van der Waals surface area contributed by atoms with Crippen molar-refractivity contribution in [3.05, 3.63) is 64.4 Å². The van der Waals surface area contributed by atoms with Crippen LogP contribution in [0.15, 0.2) is 53.0 Å². The third-order valence-corrected chi connectivity index (χ3v) is 3.58. The highest BCUT2D eigenvalue weighted by molar-refractivity contribution is 9.10. The predicted octanol–water partition coefficient (Wildman–Crippen LogP) is 3.74. The van der Waals surface area contributed by atoms with Crippen LogP contribution in [0.2, 0.25) is 0 Å². The molecule has 0 N–H and O–H groups in total. The van der Waals surface area contributed by atoms with Crippen LogP contribution in [-0.2, 0) is 0 Å². The minimum atomic E-state index is -0.543. The Morgan fingerprint density at radius 1 is 1.19 bits per heavy atom. The molecule has 1 amide bonds. The molecule has 0 heterocycles. The van der Waals surface area contributed by atoms with E-state index in [-0.39, 0.29) is 15.9 Å². The first-order valence-corrected chi connectivity index (χ1v) is 7.26. The lowest BCUT2D eigenvalue weighted by molar-refractivity contribution is 0.0769. The van der Waals surface area contributed by atoms with Gasteiger partial charge in [-0.25, -0.2) is 4.39 Å². The summed E-state index contributed by atoms with van der Waals surface area (Å²) in [4.78, 5) is 13.6. The lowest BCUT2D eigenvalue weighted by atomic mass is 10.2. The number of rotatable bonds is 5. The van der Waals surface area contributed by atoms with E-state index in [1.165, 1.54) is 11.0 Å². The van der Waals surface area contributed by atoms with Crippen LogP contribution in [0.3, 0.4) is 0 Å². The smallest absolute Gasteiger partial charge is 0.256 e. The number of carbonyl (C=O) groups excluding carboxylic acids is 1. The molecule has 0 aliphatic carbocycles. The molecule has 0 aromatic heterocycles. The fourth-order valence-corrected chi connectivity index (χ4v) is 2.16. The molecule has 2 aromatic carbocycles. The van der Waals surface area contributed by atoms with Gasteiger partial charge in [0.2, 0.25) is 0 Å². The summed E-state index contributed by atoms with van der Waals surface area (Å²) in [5, 5.41) is 0. The summed E-state index contributed by atoms with van der Waals surface area (Å²) in [5.41, 5.74) is 0.0478. The number of halogens is 2. The summed E-state index contributed by atoms with van der Waals surface area (Å²) in [7, 11) is 1.62. The summed E-state index contributed by atoms with van der Waals surface area (Å²) >= 11 is 3.08. The molecule has 0 spiro atoms. The minimum absolute atomic E-state index is 0.0478. The third kappa shape index (κ3) is 4.04. The molecule has 21 heavy (non-hydrogen) atoms. The molecular weight excluding hydrogens is 337 g/mol. The maximum atomic E-state index is 13.9. The van der Waals surface area contributed by atoms with Crippen molar-refractivity contribution in [2.45, 2.75) is 0 Å². The van der Waals surface area contributed by atoms with Crippen LogP contribution < -0.4 is 4.74 Å². The number of nitrogens with zero attached hydrogens (tertiary/aromatic N) is 1. The zero-order chi connectivity index (χ0) is 15.2. The van der Waals surface area contributed by atoms with E-state index in [2.05, 4.69) is 15.9 Å². The van der Waals surface area contributed by atoms with Crippen molar-refractivity contribution >= 4 is 21.8 Å². The largest absolute Gasteiger partial charge is 0.492 e. The highest BCUT2D eigenvalue weighted by atomic mass is 79.9. The zero-order valence-electron chi connectivity index (χ0n) is 11.6. The molecule has 0 saturated heterocycles. The molecule has 0 atom stereocenters. The van der Waals surface area contributed by atoms with Crippen LogP contribution in [-0.4, -0.2) is 31.0 Å².